The van der Waals surface area contributed by atoms with Gasteiger partial charge in [-0.15, -0.1) is 0 Å². The number of rotatable bonds is 7. The predicted octanol–water partition coefficient (Wildman–Crippen LogP) is 4.26. The maximum atomic E-state index is 12.2. The molecule has 0 amide bonds. The molecular weight excluding hydrogens is 303 g/mol. The molecule has 1 aromatic rings. The van der Waals surface area contributed by atoms with Crippen LogP contribution in [0.25, 0.3) is 0 Å². The highest BCUT2D eigenvalue weighted by Crippen LogP contribution is 2.48. The summed E-state index contributed by atoms with van der Waals surface area (Å²) in [5.74, 6) is 0. The highest BCUT2D eigenvalue weighted by atomic mass is 79.9. The molecule has 0 bridgehead atoms. The first-order valence-electron chi connectivity index (χ1n) is 5.73. The van der Waals surface area contributed by atoms with Gasteiger partial charge in [0.25, 0.3) is 0 Å². The Morgan fingerprint density at radius 1 is 1.18 bits per heavy atom. The molecule has 0 N–H and O–H groups in total. The molecule has 0 spiro atoms. The molecule has 0 unspecified atom stereocenters. The van der Waals surface area contributed by atoms with Gasteiger partial charge in [0.2, 0.25) is 0 Å². The van der Waals surface area contributed by atoms with Crippen LogP contribution in [0, 0.1) is 0 Å². The minimum Gasteiger partial charge on any atom is -0.309 e. The minimum atomic E-state index is -2.93. The molecule has 0 radical (unpaired) electrons. The summed E-state index contributed by atoms with van der Waals surface area (Å²) in [5.41, 5.74) is 1.12. The second-order valence-electron chi connectivity index (χ2n) is 3.51. The van der Waals surface area contributed by atoms with E-state index < -0.39 is 7.60 Å². The van der Waals surface area contributed by atoms with Crippen molar-refractivity contribution in [1.29, 1.82) is 0 Å². The van der Waals surface area contributed by atoms with E-state index in [0.717, 1.165) is 10.0 Å². The quantitative estimate of drug-likeness (QED) is 0.704. The van der Waals surface area contributed by atoms with Gasteiger partial charge in [-0.25, -0.2) is 0 Å². The third-order valence-electron chi connectivity index (χ3n) is 2.26. The van der Waals surface area contributed by atoms with Crippen molar-refractivity contribution in [3.63, 3.8) is 0 Å². The zero-order chi connectivity index (χ0) is 12.7. The molecule has 0 saturated heterocycles. The van der Waals surface area contributed by atoms with Crippen molar-refractivity contribution in [2.24, 2.45) is 0 Å². The Morgan fingerprint density at radius 3 is 2.29 bits per heavy atom. The summed E-state index contributed by atoms with van der Waals surface area (Å²) < 4.78 is 23.8. The van der Waals surface area contributed by atoms with Crippen LogP contribution in [0.5, 0.6) is 0 Å². The first-order valence-corrected chi connectivity index (χ1v) is 8.25. The number of hydrogen-bond donors (Lipinski definition) is 0. The Labute approximate surface area is 111 Å². The lowest BCUT2D eigenvalue weighted by Crippen LogP contribution is -2.03. The largest absolute Gasteiger partial charge is 0.330 e. The fourth-order valence-corrected chi connectivity index (χ4v) is 3.64. The van der Waals surface area contributed by atoms with Crippen LogP contribution in [0.15, 0.2) is 28.7 Å². The lowest BCUT2D eigenvalue weighted by Gasteiger charge is -2.17. The van der Waals surface area contributed by atoms with Gasteiger partial charge in [-0.2, -0.15) is 0 Å². The van der Waals surface area contributed by atoms with Crippen molar-refractivity contribution in [1.82, 2.24) is 0 Å². The minimum absolute atomic E-state index is 0.410. The second-order valence-corrected chi connectivity index (χ2v) is 6.55. The molecule has 0 heterocycles. The van der Waals surface area contributed by atoms with Crippen LogP contribution in [0.2, 0.25) is 0 Å². The average molecular weight is 321 g/mol. The van der Waals surface area contributed by atoms with Crippen LogP contribution in [0.4, 0.5) is 0 Å². The normalized spacial score (nSPS) is 11.7. The van der Waals surface area contributed by atoms with E-state index in [1.165, 1.54) is 0 Å². The molecular formula is C12H18BrO3P. The van der Waals surface area contributed by atoms with Crippen LogP contribution in [-0.4, -0.2) is 19.4 Å². The van der Waals surface area contributed by atoms with E-state index in [4.69, 9.17) is 9.05 Å². The van der Waals surface area contributed by atoms with Gasteiger partial charge in [0.05, 0.1) is 19.4 Å². The smallest absolute Gasteiger partial charge is 0.309 e. The Bertz CT molecular complexity index is 385. The molecule has 3 nitrogen and oxygen atoms in total. The molecule has 1 aromatic carbocycles. The van der Waals surface area contributed by atoms with Crippen LogP contribution in [0.3, 0.4) is 0 Å². The second kappa shape index (κ2) is 7.32. The van der Waals surface area contributed by atoms with Gasteiger partial charge >= 0.3 is 7.60 Å². The van der Waals surface area contributed by atoms with Crippen LogP contribution in [-0.2, 0) is 20.0 Å². The Kier molecular flexibility index (Phi) is 6.42. The Balaban J connectivity index is 2.64. The number of benzene rings is 1. The summed E-state index contributed by atoms with van der Waals surface area (Å²) in [5, 5.41) is 0. The maximum absolute atomic E-state index is 12.2. The van der Waals surface area contributed by atoms with E-state index in [9.17, 15) is 4.57 Å². The van der Waals surface area contributed by atoms with Crippen LogP contribution >= 0.6 is 23.5 Å². The standard InChI is InChI=1S/C12H18BrO3P/c1-3-15-17(14,16-4-2)10-9-11-7-5-6-8-12(11)13/h5-8H,3-4,9-10H2,1-2H3. The van der Waals surface area contributed by atoms with Gasteiger partial charge in [-0.05, 0) is 31.9 Å². The van der Waals surface area contributed by atoms with Crippen molar-refractivity contribution >= 4 is 23.5 Å². The summed E-state index contributed by atoms with van der Waals surface area (Å²) in [6, 6.07) is 7.90. The molecule has 0 fully saturated rings. The molecule has 17 heavy (non-hydrogen) atoms. The molecule has 1 rings (SSSR count). The molecule has 0 aliphatic heterocycles. The number of aryl methyl sites for hydroxylation is 1. The zero-order valence-corrected chi connectivity index (χ0v) is 12.7. The van der Waals surface area contributed by atoms with Crippen molar-refractivity contribution in [2.75, 3.05) is 19.4 Å². The van der Waals surface area contributed by atoms with Gasteiger partial charge in [-0.1, -0.05) is 34.1 Å². The highest BCUT2D eigenvalue weighted by molar-refractivity contribution is 9.10. The molecule has 5 heteroatoms. The van der Waals surface area contributed by atoms with Crippen molar-refractivity contribution < 1.29 is 13.6 Å². The van der Waals surface area contributed by atoms with E-state index in [2.05, 4.69) is 15.9 Å². The molecule has 96 valence electrons. The SMILES string of the molecule is CCOP(=O)(CCc1ccccc1Br)OCC. The third-order valence-corrected chi connectivity index (χ3v) is 5.11. The molecule has 0 aromatic heterocycles. The summed E-state index contributed by atoms with van der Waals surface area (Å²) in [6.07, 6.45) is 1.09. The molecule has 0 atom stereocenters. The van der Waals surface area contributed by atoms with Crippen LogP contribution < -0.4 is 0 Å². The van der Waals surface area contributed by atoms with Gasteiger partial charge in [0.1, 0.15) is 0 Å². The van der Waals surface area contributed by atoms with Gasteiger partial charge in [0.15, 0.2) is 0 Å². The third kappa shape index (κ3) is 4.92. The van der Waals surface area contributed by atoms with Crippen LogP contribution in [0.1, 0.15) is 19.4 Å². The molecule has 0 saturated carbocycles. The summed E-state index contributed by atoms with van der Waals surface area (Å²) in [7, 11) is -2.93. The Morgan fingerprint density at radius 2 is 1.76 bits per heavy atom. The lowest BCUT2D eigenvalue weighted by molar-refractivity contribution is 0.220. The Hall–Kier alpha value is -0.150. The highest BCUT2D eigenvalue weighted by Gasteiger charge is 2.23. The fourth-order valence-electron chi connectivity index (χ4n) is 1.52. The number of hydrogen-bond acceptors (Lipinski definition) is 3. The first kappa shape index (κ1) is 14.9. The van der Waals surface area contributed by atoms with Gasteiger partial charge in [-0.3, -0.25) is 4.57 Å². The predicted molar refractivity (Wildman–Crippen MR) is 73.6 cm³/mol. The summed E-state index contributed by atoms with van der Waals surface area (Å²) in [6.45, 7) is 4.47. The van der Waals surface area contributed by atoms with Gasteiger partial charge < -0.3 is 9.05 Å². The number of halogens is 1. The fraction of sp³-hybridized carbons (Fsp3) is 0.500. The molecule has 0 aliphatic carbocycles. The monoisotopic (exact) mass is 320 g/mol. The van der Waals surface area contributed by atoms with Crippen molar-refractivity contribution in [3.05, 3.63) is 34.3 Å². The molecule has 0 aliphatic rings. The summed E-state index contributed by atoms with van der Waals surface area (Å²) in [4.78, 5) is 0. The van der Waals surface area contributed by atoms with E-state index >= 15 is 0 Å². The van der Waals surface area contributed by atoms with E-state index in [1.807, 2.05) is 38.1 Å². The van der Waals surface area contributed by atoms with E-state index in [-0.39, 0.29) is 0 Å². The van der Waals surface area contributed by atoms with E-state index in [0.29, 0.717) is 25.8 Å². The van der Waals surface area contributed by atoms with Gasteiger partial charge in [0, 0.05) is 4.47 Å². The topological polar surface area (TPSA) is 35.5 Å². The summed E-state index contributed by atoms with van der Waals surface area (Å²) >= 11 is 3.47. The van der Waals surface area contributed by atoms with Crippen molar-refractivity contribution in [2.45, 2.75) is 20.3 Å². The average Bonchev–Trinajstić information content (AvgIpc) is 2.29. The first-order chi connectivity index (χ1) is 8.11. The maximum Gasteiger partial charge on any atom is 0.330 e. The van der Waals surface area contributed by atoms with E-state index in [1.54, 1.807) is 0 Å². The van der Waals surface area contributed by atoms with Crippen molar-refractivity contribution in [3.8, 4) is 0 Å². The zero-order valence-electron chi connectivity index (χ0n) is 10.2. The lowest BCUT2D eigenvalue weighted by atomic mass is 10.2.